The molecule has 2 aromatic rings. The number of nitrogens with zero attached hydrogens (tertiary/aromatic N) is 1. The molecule has 18 heavy (non-hydrogen) atoms. The van der Waals surface area contributed by atoms with Crippen LogP contribution in [0.25, 0.3) is 0 Å². The lowest BCUT2D eigenvalue weighted by molar-refractivity contribution is 1.11. The second-order valence-electron chi connectivity index (χ2n) is 4.73. The molecule has 0 aromatic heterocycles. The Labute approximate surface area is 109 Å². The molecule has 0 aliphatic heterocycles. The number of hydrogen-bond donors (Lipinski definition) is 1. The maximum Gasteiger partial charge on any atom is 0.0400 e. The van der Waals surface area contributed by atoms with Crippen molar-refractivity contribution in [2.75, 3.05) is 24.3 Å². The van der Waals surface area contributed by atoms with Gasteiger partial charge in [0.2, 0.25) is 0 Å². The van der Waals surface area contributed by atoms with Crippen LogP contribution in [-0.2, 0) is 6.54 Å². The normalized spacial score (nSPS) is 10.2. The van der Waals surface area contributed by atoms with Crippen molar-refractivity contribution < 1.29 is 0 Å². The van der Waals surface area contributed by atoms with Gasteiger partial charge in [0.05, 0.1) is 0 Å². The van der Waals surface area contributed by atoms with E-state index >= 15 is 0 Å². The summed E-state index contributed by atoms with van der Waals surface area (Å²) in [5.41, 5.74) is 5.01. The van der Waals surface area contributed by atoms with Gasteiger partial charge >= 0.3 is 0 Å². The molecule has 0 fully saturated rings. The first-order valence-corrected chi connectivity index (χ1v) is 6.22. The monoisotopic (exact) mass is 240 g/mol. The van der Waals surface area contributed by atoms with Gasteiger partial charge in [-0.3, -0.25) is 0 Å². The van der Waals surface area contributed by atoms with Crippen LogP contribution in [0, 0.1) is 6.92 Å². The van der Waals surface area contributed by atoms with Crippen LogP contribution in [0.4, 0.5) is 11.4 Å². The van der Waals surface area contributed by atoms with Crippen molar-refractivity contribution in [3.05, 3.63) is 59.7 Å². The third-order valence-corrected chi connectivity index (χ3v) is 3.08. The molecule has 0 saturated carbocycles. The maximum absolute atomic E-state index is 3.46. The molecule has 0 bridgehead atoms. The van der Waals surface area contributed by atoms with Gasteiger partial charge in [-0.1, -0.05) is 30.3 Å². The molecule has 2 rings (SSSR count). The average Bonchev–Trinajstić information content (AvgIpc) is 2.38. The van der Waals surface area contributed by atoms with Crippen LogP contribution in [0.3, 0.4) is 0 Å². The molecule has 0 amide bonds. The first-order chi connectivity index (χ1) is 8.66. The average molecular weight is 240 g/mol. The van der Waals surface area contributed by atoms with E-state index in [2.05, 4.69) is 79.8 Å². The Morgan fingerprint density at radius 2 is 1.61 bits per heavy atom. The zero-order valence-electron chi connectivity index (χ0n) is 11.3. The Hall–Kier alpha value is -1.96. The van der Waals surface area contributed by atoms with E-state index in [0.717, 1.165) is 6.54 Å². The van der Waals surface area contributed by atoms with Gasteiger partial charge in [-0.25, -0.2) is 0 Å². The molecule has 2 nitrogen and oxygen atoms in total. The summed E-state index contributed by atoms with van der Waals surface area (Å²) in [7, 11) is 4.11. The molecule has 0 spiro atoms. The zero-order valence-corrected chi connectivity index (χ0v) is 11.3. The molecule has 0 unspecified atom stereocenters. The van der Waals surface area contributed by atoms with Crippen molar-refractivity contribution in [3.8, 4) is 0 Å². The summed E-state index contributed by atoms with van der Waals surface area (Å²) in [6.45, 7) is 2.98. The molecule has 0 heterocycles. The number of nitrogens with one attached hydrogen (secondary N) is 1. The van der Waals surface area contributed by atoms with Crippen LogP contribution >= 0.6 is 0 Å². The van der Waals surface area contributed by atoms with Crippen molar-refractivity contribution in [3.63, 3.8) is 0 Å². The summed E-state index contributed by atoms with van der Waals surface area (Å²) in [5.74, 6) is 0. The number of aryl methyl sites for hydroxylation is 1. The van der Waals surface area contributed by atoms with Crippen LogP contribution in [-0.4, -0.2) is 14.1 Å². The first-order valence-electron chi connectivity index (χ1n) is 6.22. The molecular weight excluding hydrogens is 220 g/mol. The van der Waals surface area contributed by atoms with Crippen LogP contribution in [0.1, 0.15) is 11.1 Å². The summed E-state index contributed by atoms with van der Waals surface area (Å²) in [6.07, 6.45) is 0. The van der Waals surface area contributed by atoms with Gasteiger partial charge in [0.25, 0.3) is 0 Å². The van der Waals surface area contributed by atoms with Gasteiger partial charge in [0, 0.05) is 32.0 Å². The zero-order chi connectivity index (χ0) is 13.0. The highest BCUT2D eigenvalue weighted by Gasteiger charge is 1.98. The quantitative estimate of drug-likeness (QED) is 0.877. The van der Waals surface area contributed by atoms with Crippen molar-refractivity contribution in [2.45, 2.75) is 13.5 Å². The molecule has 0 atom stereocenters. The Morgan fingerprint density at radius 3 is 2.22 bits per heavy atom. The minimum Gasteiger partial charge on any atom is -0.381 e. The molecule has 0 radical (unpaired) electrons. The third kappa shape index (κ3) is 3.04. The fraction of sp³-hybridized carbons (Fsp3) is 0.250. The van der Waals surface area contributed by atoms with Crippen LogP contribution in [0.2, 0.25) is 0 Å². The predicted molar refractivity (Wildman–Crippen MR) is 79.3 cm³/mol. The third-order valence-electron chi connectivity index (χ3n) is 3.08. The van der Waals surface area contributed by atoms with Gasteiger partial charge in [0.15, 0.2) is 0 Å². The Morgan fingerprint density at radius 1 is 0.944 bits per heavy atom. The smallest absolute Gasteiger partial charge is 0.0400 e. The van der Waals surface area contributed by atoms with Gasteiger partial charge in [-0.2, -0.15) is 0 Å². The lowest BCUT2D eigenvalue weighted by atomic mass is 10.1. The minimum absolute atomic E-state index is 0.860. The second-order valence-corrected chi connectivity index (χ2v) is 4.73. The highest BCUT2D eigenvalue weighted by molar-refractivity contribution is 5.51. The summed E-state index contributed by atoms with van der Waals surface area (Å²) >= 11 is 0. The summed E-state index contributed by atoms with van der Waals surface area (Å²) in [4.78, 5) is 2.11. The fourth-order valence-electron chi connectivity index (χ4n) is 1.88. The van der Waals surface area contributed by atoms with E-state index in [1.165, 1.54) is 22.5 Å². The van der Waals surface area contributed by atoms with Crippen molar-refractivity contribution in [2.24, 2.45) is 0 Å². The van der Waals surface area contributed by atoms with Crippen LogP contribution < -0.4 is 10.2 Å². The molecule has 2 heteroatoms. The topological polar surface area (TPSA) is 15.3 Å². The number of para-hydroxylation sites is 1. The molecule has 94 valence electrons. The van der Waals surface area contributed by atoms with Crippen molar-refractivity contribution in [1.29, 1.82) is 0 Å². The summed E-state index contributed by atoms with van der Waals surface area (Å²) in [6, 6.07) is 17.0. The van der Waals surface area contributed by atoms with E-state index in [0.29, 0.717) is 0 Å². The number of benzene rings is 2. The number of anilines is 2. The fourth-order valence-corrected chi connectivity index (χ4v) is 1.88. The molecule has 1 N–H and O–H groups in total. The van der Waals surface area contributed by atoms with Crippen LogP contribution in [0.15, 0.2) is 48.5 Å². The first kappa shape index (κ1) is 12.5. The molecule has 2 aromatic carbocycles. The second kappa shape index (κ2) is 5.58. The highest BCUT2D eigenvalue weighted by Crippen LogP contribution is 2.16. The van der Waals surface area contributed by atoms with Gasteiger partial charge in [0.1, 0.15) is 0 Å². The Balaban J connectivity index is 2.00. The van der Waals surface area contributed by atoms with Gasteiger partial charge < -0.3 is 10.2 Å². The van der Waals surface area contributed by atoms with Crippen molar-refractivity contribution in [1.82, 2.24) is 0 Å². The maximum atomic E-state index is 3.46. The van der Waals surface area contributed by atoms with E-state index in [9.17, 15) is 0 Å². The lowest BCUT2D eigenvalue weighted by Crippen LogP contribution is -2.08. The van der Waals surface area contributed by atoms with E-state index in [4.69, 9.17) is 0 Å². The number of rotatable bonds is 4. The van der Waals surface area contributed by atoms with Crippen LogP contribution in [0.5, 0.6) is 0 Å². The highest BCUT2D eigenvalue weighted by atomic mass is 15.1. The van der Waals surface area contributed by atoms with Gasteiger partial charge in [-0.15, -0.1) is 0 Å². The largest absolute Gasteiger partial charge is 0.381 e. The summed E-state index contributed by atoms with van der Waals surface area (Å²) < 4.78 is 0. The van der Waals surface area contributed by atoms with E-state index < -0.39 is 0 Å². The predicted octanol–water partition coefficient (Wildman–Crippen LogP) is 3.67. The SMILES string of the molecule is Cc1ccccc1NCc1ccc(N(C)C)cc1. The van der Waals surface area contributed by atoms with E-state index in [1.54, 1.807) is 0 Å². The minimum atomic E-state index is 0.860. The summed E-state index contributed by atoms with van der Waals surface area (Å²) in [5, 5.41) is 3.46. The lowest BCUT2D eigenvalue weighted by Gasteiger charge is -2.13. The van der Waals surface area contributed by atoms with E-state index in [1.807, 2.05) is 0 Å². The van der Waals surface area contributed by atoms with Gasteiger partial charge in [-0.05, 0) is 36.2 Å². The Kier molecular flexibility index (Phi) is 3.88. The Bertz CT molecular complexity index is 501. The standard InChI is InChI=1S/C16H20N2/c1-13-6-4-5-7-16(13)17-12-14-8-10-15(11-9-14)18(2)3/h4-11,17H,12H2,1-3H3. The number of hydrogen-bond acceptors (Lipinski definition) is 2. The molecule has 0 saturated heterocycles. The van der Waals surface area contributed by atoms with Crippen molar-refractivity contribution >= 4 is 11.4 Å². The molecule has 0 aliphatic rings. The van der Waals surface area contributed by atoms with E-state index in [-0.39, 0.29) is 0 Å². The molecular formula is C16H20N2. The molecule has 0 aliphatic carbocycles.